The van der Waals surface area contributed by atoms with Gasteiger partial charge in [0.2, 0.25) is 0 Å². The summed E-state index contributed by atoms with van der Waals surface area (Å²) >= 11 is 0. The quantitative estimate of drug-likeness (QED) is 0.739. The predicted octanol–water partition coefficient (Wildman–Crippen LogP) is 0.541. The van der Waals surface area contributed by atoms with E-state index >= 15 is 0 Å². The van der Waals surface area contributed by atoms with E-state index in [1.54, 1.807) is 7.11 Å². The number of aliphatic hydroxyl groups excluding tert-OH is 1. The maximum absolute atomic E-state index is 9.66. The average molecular weight is 229 g/mol. The van der Waals surface area contributed by atoms with Gasteiger partial charge in [-0.2, -0.15) is 0 Å². The van der Waals surface area contributed by atoms with Crippen LogP contribution in [0.3, 0.4) is 0 Å². The number of ether oxygens (including phenoxy) is 2. The molecule has 0 aromatic rings. The number of rotatable bonds is 4. The number of methoxy groups -OCH3 is 1. The van der Waals surface area contributed by atoms with Gasteiger partial charge < -0.3 is 19.9 Å². The molecule has 0 amide bonds. The van der Waals surface area contributed by atoms with Gasteiger partial charge in [0.25, 0.3) is 0 Å². The van der Waals surface area contributed by atoms with Crippen molar-refractivity contribution in [3.8, 4) is 0 Å². The summed E-state index contributed by atoms with van der Waals surface area (Å²) in [7, 11) is 1.75. The van der Waals surface area contributed by atoms with Crippen molar-refractivity contribution in [2.24, 2.45) is 5.41 Å². The molecule has 4 heteroatoms. The number of hydrogen-bond acceptors (Lipinski definition) is 4. The minimum atomic E-state index is -0.177. The van der Waals surface area contributed by atoms with Gasteiger partial charge in [-0.15, -0.1) is 0 Å². The van der Waals surface area contributed by atoms with Crippen molar-refractivity contribution in [2.45, 2.75) is 44.4 Å². The second kappa shape index (κ2) is 4.26. The van der Waals surface area contributed by atoms with Crippen molar-refractivity contribution in [3.05, 3.63) is 0 Å². The fourth-order valence-electron chi connectivity index (χ4n) is 2.52. The standard InChI is InChI=1S/C12H23NO3/c1-11(2)9(6-10(11)14)13-7-12(15-3)4-5-16-8-12/h9-10,13-14H,4-8H2,1-3H3. The summed E-state index contributed by atoms with van der Waals surface area (Å²) in [6.45, 7) is 6.47. The van der Waals surface area contributed by atoms with Crippen LogP contribution in [0.1, 0.15) is 26.7 Å². The fraction of sp³-hybridized carbons (Fsp3) is 1.00. The van der Waals surface area contributed by atoms with E-state index in [4.69, 9.17) is 9.47 Å². The largest absolute Gasteiger partial charge is 0.392 e. The summed E-state index contributed by atoms with van der Waals surface area (Å²) in [4.78, 5) is 0. The normalized spacial score (nSPS) is 42.0. The van der Waals surface area contributed by atoms with Crippen molar-refractivity contribution >= 4 is 0 Å². The van der Waals surface area contributed by atoms with Crippen LogP contribution in [0.2, 0.25) is 0 Å². The van der Waals surface area contributed by atoms with Gasteiger partial charge in [0.15, 0.2) is 0 Å². The summed E-state index contributed by atoms with van der Waals surface area (Å²) < 4.78 is 11.0. The molecule has 1 heterocycles. The zero-order valence-electron chi connectivity index (χ0n) is 10.5. The Labute approximate surface area is 97.3 Å². The average Bonchev–Trinajstić information content (AvgIpc) is 2.73. The van der Waals surface area contributed by atoms with Crippen LogP contribution in [0.25, 0.3) is 0 Å². The monoisotopic (exact) mass is 229 g/mol. The summed E-state index contributed by atoms with van der Waals surface area (Å²) in [6.07, 6.45) is 1.61. The van der Waals surface area contributed by atoms with Crippen LogP contribution in [-0.4, -0.2) is 49.7 Å². The Hall–Kier alpha value is -0.160. The van der Waals surface area contributed by atoms with Crippen molar-refractivity contribution in [1.29, 1.82) is 0 Å². The zero-order valence-corrected chi connectivity index (χ0v) is 10.5. The van der Waals surface area contributed by atoms with Gasteiger partial charge in [0.05, 0.1) is 12.7 Å². The van der Waals surface area contributed by atoms with E-state index in [1.165, 1.54) is 0 Å². The van der Waals surface area contributed by atoms with E-state index in [1.807, 2.05) is 0 Å². The Morgan fingerprint density at radius 2 is 2.25 bits per heavy atom. The van der Waals surface area contributed by atoms with Gasteiger partial charge in [-0.25, -0.2) is 0 Å². The van der Waals surface area contributed by atoms with E-state index in [-0.39, 0.29) is 17.1 Å². The number of aliphatic hydroxyl groups is 1. The second-order valence-corrected chi connectivity index (χ2v) is 5.70. The first-order valence-corrected chi connectivity index (χ1v) is 6.04. The Kier molecular flexibility index (Phi) is 3.27. The van der Waals surface area contributed by atoms with E-state index in [0.29, 0.717) is 12.6 Å². The van der Waals surface area contributed by atoms with Crippen molar-refractivity contribution in [2.75, 3.05) is 26.9 Å². The van der Waals surface area contributed by atoms with Crippen LogP contribution in [0.15, 0.2) is 0 Å². The summed E-state index contributed by atoms with van der Waals surface area (Å²) in [5.41, 5.74) is -0.176. The predicted molar refractivity (Wildman–Crippen MR) is 61.4 cm³/mol. The smallest absolute Gasteiger partial charge is 0.106 e. The van der Waals surface area contributed by atoms with Crippen LogP contribution in [0.4, 0.5) is 0 Å². The molecule has 2 aliphatic rings. The van der Waals surface area contributed by atoms with Gasteiger partial charge in [0.1, 0.15) is 5.60 Å². The van der Waals surface area contributed by atoms with Gasteiger partial charge in [-0.1, -0.05) is 13.8 Å². The molecule has 1 saturated carbocycles. The molecule has 16 heavy (non-hydrogen) atoms. The van der Waals surface area contributed by atoms with E-state index < -0.39 is 0 Å². The van der Waals surface area contributed by atoms with E-state index in [0.717, 1.165) is 26.0 Å². The first-order chi connectivity index (χ1) is 7.50. The lowest BCUT2D eigenvalue weighted by atomic mass is 9.64. The molecule has 94 valence electrons. The Bertz CT molecular complexity index is 249. The molecular weight excluding hydrogens is 206 g/mol. The molecule has 0 aromatic heterocycles. The molecule has 0 bridgehead atoms. The van der Waals surface area contributed by atoms with Crippen molar-refractivity contribution in [3.63, 3.8) is 0 Å². The molecule has 0 radical (unpaired) electrons. The minimum absolute atomic E-state index is 0.0195. The van der Waals surface area contributed by atoms with E-state index in [2.05, 4.69) is 19.2 Å². The van der Waals surface area contributed by atoms with Crippen LogP contribution >= 0.6 is 0 Å². The Morgan fingerprint density at radius 3 is 2.69 bits per heavy atom. The molecule has 1 aliphatic heterocycles. The number of nitrogens with one attached hydrogen (secondary N) is 1. The van der Waals surface area contributed by atoms with Crippen LogP contribution in [0.5, 0.6) is 0 Å². The van der Waals surface area contributed by atoms with Crippen molar-refractivity contribution in [1.82, 2.24) is 5.32 Å². The SMILES string of the molecule is COC1(CNC2CC(O)C2(C)C)CCOC1. The lowest BCUT2D eigenvalue weighted by Crippen LogP contribution is -2.62. The van der Waals surface area contributed by atoms with Crippen molar-refractivity contribution < 1.29 is 14.6 Å². The van der Waals surface area contributed by atoms with Gasteiger partial charge >= 0.3 is 0 Å². The lowest BCUT2D eigenvalue weighted by Gasteiger charge is -2.50. The molecule has 3 atom stereocenters. The second-order valence-electron chi connectivity index (χ2n) is 5.70. The van der Waals surface area contributed by atoms with Gasteiger partial charge in [-0.3, -0.25) is 0 Å². The third-order valence-electron chi connectivity index (χ3n) is 4.39. The topological polar surface area (TPSA) is 50.7 Å². The highest BCUT2D eigenvalue weighted by molar-refractivity contribution is 5.03. The third-order valence-corrected chi connectivity index (χ3v) is 4.39. The summed E-state index contributed by atoms with van der Waals surface area (Å²) in [5.74, 6) is 0. The Morgan fingerprint density at radius 1 is 1.50 bits per heavy atom. The summed E-state index contributed by atoms with van der Waals surface area (Å²) in [6, 6.07) is 0.384. The lowest BCUT2D eigenvalue weighted by molar-refractivity contribution is -0.0844. The molecular formula is C12H23NO3. The minimum Gasteiger partial charge on any atom is -0.392 e. The highest BCUT2D eigenvalue weighted by atomic mass is 16.5. The summed E-state index contributed by atoms with van der Waals surface area (Å²) in [5, 5.41) is 13.2. The molecule has 0 spiro atoms. The maximum Gasteiger partial charge on any atom is 0.106 e. The van der Waals surface area contributed by atoms with Gasteiger partial charge in [0, 0.05) is 38.1 Å². The zero-order chi connectivity index (χ0) is 11.8. The van der Waals surface area contributed by atoms with Gasteiger partial charge in [-0.05, 0) is 6.42 Å². The highest BCUT2D eigenvalue weighted by Crippen LogP contribution is 2.40. The number of hydrogen-bond donors (Lipinski definition) is 2. The Balaban J connectivity index is 1.83. The first kappa shape index (κ1) is 12.3. The molecule has 2 fully saturated rings. The molecule has 3 unspecified atom stereocenters. The van der Waals surface area contributed by atoms with Crippen LogP contribution in [0, 0.1) is 5.41 Å². The molecule has 1 aliphatic carbocycles. The van der Waals surface area contributed by atoms with Crippen LogP contribution in [-0.2, 0) is 9.47 Å². The fourth-order valence-corrected chi connectivity index (χ4v) is 2.52. The van der Waals surface area contributed by atoms with Crippen LogP contribution < -0.4 is 5.32 Å². The maximum atomic E-state index is 9.66. The molecule has 2 rings (SSSR count). The highest BCUT2D eigenvalue weighted by Gasteiger charge is 2.48. The third kappa shape index (κ3) is 1.99. The molecule has 4 nitrogen and oxygen atoms in total. The van der Waals surface area contributed by atoms with E-state index in [9.17, 15) is 5.11 Å². The molecule has 2 N–H and O–H groups in total. The molecule has 1 saturated heterocycles. The first-order valence-electron chi connectivity index (χ1n) is 6.04. The molecule has 0 aromatic carbocycles.